The number of nitrogens with one attached hydrogen (secondary N) is 1. The number of primary sulfonamides is 1. The van der Waals surface area contributed by atoms with Crippen molar-refractivity contribution in [2.75, 3.05) is 13.6 Å². The van der Waals surface area contributed by atoms with Crippen molar-refractivity contribution in [2.45, 2.75) is 36.6 Å². The van der Waals surface area contributed by atoms with Crippen molar-refractivity contribution in [1.82, 2.24) is 9.62 Å². The molecule has 1 amide bonds. The van der Waals surface area contributed by atoms with Crippen molar-refractivity contribution in [3.05, 3.63) is 59.2 Å². The Morgan fingerprint density at radius 2 is 1.76 bits per heavy atom. The van der Waals surface area contributed by atoms with Gasteiger partial charge in [0.15, 0.2) is 0 Å². The van der Waals surface area contributed by atoms with Crippen LogP contribution in [0.25, 0.3) is 0 Å². The quantitative estimate of drug-likeness (QED) is 0.680. The first-order chi connectivity index (χ1) is 13.4. The standard InChI is InChI=1S/C19H25N3O5S2/c1-5-21-29(26,27)17-10-9-13(2)18(12-17)19(23)22(4)14(3)15-7-6-8-16(11-15)28(20,24)25/h6-12,14,21H,5H2,1-4H3,(H2,20,24,25). The molecule has 2 rings (SSSR count). The van der Waals surface area contributed by atoms with Crippen molar-refractivity contribution in [2.24, 2.45) is 5.14 Å². The minimum Gasteiger partial charge on any atom is -0.335 e. The molecule has 10 heteroatoms. The highest BCUT2D eigenvalue weighted by Crippen LogP contribution is 2.25. The second-order valence-corrected chi connectivity index (χ2v) is 10.0. The molecule has 8 nitrogen and oxygen atoms in total. The summed E-state index contributed by atoms with van der Waals surface area (Å²) in [4.78, 5) is 14.5. The average molecular weight is 440 g/mol. The number of carbonyl (C=O) groups is 1. The first-order valence-electron chi connectivity index (χ1n) is 8.88. The molecule has 2 aromatic carbocycles. The SMILES string of the molecule is CCNS(=O)(=O)c1ccc(C)c(C(=O)N(C)C(C)c2cccc(S(N)(=O)=O)c2)c1. The smallest absolute Gasteiger partial charge is 0.254 e. The second kappa shape index (κ2) is 8.62. The summed E-state index contributed by atoms with van der Waals surface area (Å²) < 4.78 is 50.1. The molecule has 0 heterocycles. The Morgan fingerprint density at radius 1 is 1.10 bits per heavy atom. The lowest BCUT2D eigenvalue weighted by Crippen LogP contribution is -2.31. The van der Waals surface area contributed by atoms with Crippen molar-refractivity contribution < 1.29 is 21.6 Å². The predicted molar refractivity (Wildman–Crippen MR) is 110 cm³/mol. The van der Waals surface area contributed by atoms with Gasteiger partial charge in [0, 0.05) is 19.2 Å². The summed E-state index contributed by atoms with van der Waals surface area (Å²) in [6.07, 6.45) is 0. The van der Waals surface area contributed by atoms with Gasteiger partial charge in [-0.15, -0.1) is 0 Å². The Kier molecular flexibility index (Phi) is 6.84. The van der Waals surface area contributed by atoms with E-state index in [1.807, 2.05) is 0 Å². The first-order valence-corrected chi connectivity index (χ1v) is 11.9. The van der Waals surface area contributed by atoms with E-state index in [0.717, 1.165) is 0 Å². The molecule has 0 saturated heterocycles. The van der Waals surface area contributed by atoms with Crippen LogP contribution < -0.4 is 9.86 Å². The molecule has 0 radical (unpaired) electrons. The Hall–Kier alpha value is -2.27. The monoisotopic (exact) mass is 439 g/mol. The van der Waals surface area contributed by atoms with Gasteiger partial charge >= 0.3 is 0 Å². The number of hydrogen-bond donors (Lipinski definition) is 2. The molecule has 158 valence electrons. The number of amides is 1. The molecule has 0 spiro atoms. The predicted octanol–water partition coefficient (Wildman–Crippen LogP) is 1.77. The maximum Gasteiger partial charge on any atom is 0.254 e. The van der Waals surface area contributed by atoms with Crippen LogP contribution in [0.1, 0.15) is 41.4 Å². The fourth-order valence-corrected chi connectivity index (χ4v) is 4.45. The molecule has 29 heavy (non-hydrogen) atoms. The van der Waals surface area contributed by atoms with Gasteiger partial charge in [0.25, 0.3) is 5.91 Å². The van der Waals surface area contributed by atoms with Crippen molar-refractivity contribution in [3.63, 3.8) is 0 Å². The summed E-state index contributed by atoms with van der Waals surface area (Å²) in [5.41, 5.74) is 1.46. The molecule has 1 unspecified atom stereocenters. The molecule has 0 saturated carbocycles. The van der Waals surface area contributed by atoms with Gasteiger partial charge in [-0.1, -0.05) is 25.1 Å². The van der Waals surface area contributed by atoms with Crippen LogP contribution in [0.3, 0.4) is 0 Å². The fourth-order valence-electron chi connectivity index (χ4n) is 2.81. The van der Waals surface area contributed by atoms with Crippen LogP contribution in [0.4, 0.5) is 0 Å². The van der Waals surface area contributed by atoms with E-state index in [0.29, 0.717) is 11.1 Å². The number of rotatable bonds is 7. The number of aryl methyl sites for hydroxylation is 1. The Balaban J connectivity index is 2.40. The molecule has 0 aliphatic rings. The van der Waals surface area contributed by atoms with Crippen molar-refractivity contribution in [3.8, 4) is 0 Å². The fraction of sp³-hybridized carbons (Fsp3) is 0.316. The lowest BCUT2D eigenvalue weighted by Gasteiger charge is -2.26. The van der Waals surface area contributed by atoms with E-state index < -0.39 is 26.1 Å². The largest absolute Gasteiger partial charge is 0.335 e. The minimum atomic E-state index is -3.87. The van der Waals surface area contributed by atoms with Gasteiger partial charge < -0.3 is 4.90 Å². The highest BCUT2D eigenvalue weighted by atomic mass is 32.2. The van der Waals surface area contributed by atoms with Gasteiger partial charge in [-0.3, -0.25) is 4.79 Å². The van der Waals surface area contributed by atoms with E-state index in [1.54, 1.807) is 46.0 Å². The highest BCUT2D eigenvalue weighted by molar-refractivity contribution is 7.89. The van der Waals surface area contributed by atoms with Gasteiger partial charge in [-0.2, -0.15) is 0 Å². The second-order valence-electron chi connectivity index (χ2n) is 6.69. The molecule has 2 aromatic rings. The molecule has 3 N–H and O–H groups in total. The number of hydrogen-bond acceptors (Lipinski definition) is 5. The van der Waals surface area contributed by atoms with Gasteiger partial charge in [0.2, 0.25) is 20.0 Å². The summed E-state index contributed by atoms with van der Waals surface area (Å²) in [6, 6.07) is 9.95. The normalized spacial score (nSPS) is 13.1. The highest BCUT2D eigenvalue weighted by Gasteiger charge is 2.23. The van der Waals surface area contributed by atoms with E-state index in [2.05, 4.69) is 4.72 Å². The van der Waals surface area contributed by atoms with Gasteiger partial charge in [-0.25, -0.2) is 26.7 Å². The maximum absolute atomic E-state index is 13.1. The summed E-state index contributed by atoms with van der Waals surface area (Å²) in [7, 11) is -6.00. The number of sulfonamides is 2. The lowest BCUT2D eigenvalue weighted by atomic mass is 10.0. The first kappa shape index (κ1) is 23.0. The van der Waals surface area contributed by atoms with Crippen molar-refractivity contribution >= 4 is 26.0 Å². The van der Waals surface area contributed by atoms with E-state index >= 15 is 0 Å². The third-order valence-electron chi connectivity index (χ3n) is 4.65. The topological polar surface area (TPSA) is 127 Å². The molecule has 0 aliphatic carbocycles. The molecule has 1 atom stereocenters. The Labute approximate surface area is 171 Å². The minimum absolute atomic E-state index is 0.00516. The van der Waals surface area contributed by atoms with Crippen LogP contribution in [-0.4, -0.2) is 41.2 Å². The van der Waals surface area contributed by atoms with E-state index in [1.165, 1.54) is 29.2 Å². The van der Waals surface area contributed by atoms with Crippen LogP contribution in [0.15, 0.2) is 52.3 Å². The van der Waals surface area contributed by atoms with Crippen LogP contribution in [0.5, 0.6) is 0 Å². The summed E-state index contributed by atoms with van der Waals surface area (Å²) >= 11 is 0. The zero-order valence-corrected chi connectivity index (χ0v) is 18.3. The zero-order valence-electron chi connectivity index (χ0n) is 16.7. The molecular weight excluding hydrogens is 414 g/mol. The number of carbonyl (C=O) groups excluding carboxylic acids is 1. The maximum atomic E-state index is 13.1. The van der Waals surface area contributed by atoms with Gasteiger partial charge in [0.05, 0.1) is 15.8 Å². The molecule has 0 fully saturated rings. The molecule has 0 aliphatic heterocycles. The van der Waals surface area contributed by atoms with E-state index in [9.17, 15) is 21.6 Å². The number of nitrogens with zero attached hydrogens (tertiary/aromatic N) is 1. The van der Waals surface area contributed by atoms with Crippen LogP contribution in [0.2, 0.25) is 0 Å². The Morgan fingerprint density at radius 3 is 2.34 bits per heavy atom. The molecule has 0 bridgehead atoms. The van der Waals surface area contributed by atoms with Crippen LogP contribution >= 0.6 is 0 Å². The summed E-state index contributed by atoms with van der Waals surface area (Å²) in [5.74, 6) is -0.385. The third-order valence-corrected chi connectivity index (χ3v) is 7.11. The van der Waals surface area contributed by atoms with Crippen molar-refractivity contribution in [1.29, 1.82) is 0 Å². The number of benzene rings is 2. The number of nitrogens with two attached hydrogens (primary N) is 1. The third kappa shape index (κ3) is 5.21. The molecular formula is C19H25N3O5S2. The zero-order chi connectivity index (χ0) is 22.0. The summed E-state index contributed by atoms with van der Waals surface area (Å²) in [6.45, 7) is 5.37. The summed E-state index contributed by atoms with van der Waals surface area (Å²) in [5, 5.41) is 5.18. The molecule has 0 aromatic heterocycles. The van der Waals surface area contributed by atoms with E-state index in [4.69, 9.17) is 5.14 Å². The average Bonchev–Trinajstić information content (AvgIpc) is 2.66. The van der Waals surface area contributed by atoms with E-state index in [-0.39, 0.29) is 27.8 Å². The van der Waals surface area contributed by atoms with Gasteiger partial charge in [0.1, 0.15) is 0 Å². The van der Waals surface area contributed by atoms with Gasteiger partial charge in [-0.05, 0) is 49.2 Å². The lowest BCUT2D eigenvalue weighted by molar-refractivity contribution is 0.0741. The van der Waals surface area contributed by atoms with Crippen LogP contribution in [0, 0.1) is 6.92 Å². The van der Waals surface area contributed by atoms with Crippen LogP contribution in [-0.2, 0) is 20.0 Å². The Bertz CT molecular complexity index is 1130.